The Hall–Kier alpha value is -1.56. The topological polar surface area (TPSA) is 69.6 Å². The van der Waals surface area contributed by atoms with Gasteiger partial charge in [0.05, 0.1) is 13.0 Å². The molecule has 0 aliphatic heterocycles. The van der Waals surface area contributed by atoms with E-state index >= 15 is 0 Å². The lowest BCUT2D eigenvalue weighted by molar-refractivity contribution is -0.137. The third-order valence-corrected chi connectivity index (χ3v) is 3.84. The van der Waals surface area contributed by atoms with Gasteiger partial charge < -0.3 is 15.3 Å². The molecule has 0 aliphatic carbocycles. The summed E-state index contributed by atoms with van der Waals surface area (Å²) in [4.78, 5) is 25.8. The summed E-state index contributed by atoms with van der Waals surface area (Å²) < 4.78 is 0. The summed E-state index contributed by atoms with van der Waals surface area (Å²) in [6.07, 6.45) is 1.49. The summed E-state index contributed by atoms with van der Waals surface area (Å²) in [5.74, 6) is -0.884. The largest absolute Gasteiger partial charge is 0.481 e. The van der Waals surface area contributed by atoms with E-state index in [0.717, 1.165) is 11.3 Å². The highest BCUT2D eigenvalue weighted by atomic mass is 32.1. The van der Waals surface area contributed by atoms with Crippen molar-refractivity contribution in [3.05, 3.63) is 22.4 Å². The summed E-state index contributed by atoms with van der Waals surface area (Å²) >= 11 is 1.61. The van der Waals surface area contributed by atoms with Crippen LogP contribution in [0.15, 0.2) is 17.5 Å². The first-order chi connectivity index (χ1) is 9.56. The van der Waals surface area contributed by atoms with Gasteiger partial charge in [0.1, 0.15) is 0 Å². The first-order valence-corrected chi connectivity index (χ1v) is 7.74. The highest BCUT2D eigenvalue weighted by Gasteiger charge is 2.19. The smallest absolute Gasteiger partial charge is 0.317 e. The lowest BCUT2D eigenvalue weighted by atomic mass is 10.1. The molecule has 0 aromatic carbocycles. The van der Waals surface area contributed by atoms with Crippen LogP contribution >= 0.6 is 11.3 Å². The van der Waals surface area contributed by atoms with Crippen molar-refractivity contribution in [2.45, 2.75) is 45.7 Å². The molecule has 1 aromatic heterocycles. The van der Waals surface area contributed by atoms with Crippen molar-refractivity contribution in [2.24, 2.45) is 0 Å². The average molecular weight is 298 g/mol. The molecular formula is C14H22N2O3S. The van der Waals surface area contributed by atoms with Crippen LogP contribution in [0.3, 0.4) is 0 Å². The zero-order valence-corrected chi connectivity index (χ0v) is 12.8. The molecular weight excluding hydrogens is 276 g/mol. The number of amides is 2. The van der Waals surface area contributed by atoms with Crippen LogP contribution in [0.2, 0.25) is 0 Å². The molecule has 20 heavy (non-hydrogen) atoms. The Labute approximate surface area is 123 Å². The van der Waals surface area contributed by atoms with Gasteiger partial charge in [-0.15, -0.1) is 11.3 Å². The molecule has 112 valence electrons. The maximum Gasteiger partial charge on any atom is 0.317 e. The van der Waals surface area contributed by atoms with Crippen LogP contribution in [-0.2, 0) is 11.3 Å². The van der Waals surface area contributed by atoms with Gasteiger partial charge in [0, 0.05) is 17.5 Å². The number of thiophene rings is 1. The predicted molar refractivity (Wildman–Crippen MR) is 79.9 cm³/mol. The number of carboxylic acids is 1. The minimum Gasteiger partial charge on any atom is -0.481 e. The second-order valence-electron chi connectivity index (χ2n) is 4.63. The van der Waals surface area contributed by atoms with Gasteiger partial charge in [-0.3, -0.25) is 4.79 Å². The molecule has 1 heterocycles. The Kier molecular flexibility index (Phi) is 7.08. The fourth-order valence-corrected chi connectivity index (χ4v) is 2.69. The Balaban J connectivity index is 2.57. The maximum atomic E-state index is 12.2. The van der Waals surface area contributed by atoms with Crippen LogP contribution in [0.1, 0.15) is 38.0 Å². The maximum absolute atomic E-state index is 12.2. The Morgan fingerprint density at radius 1 is 1.45 bits per heavy atom. The van der Waals surface area contributed by atoms with E-state index in [9.17, 15) is 9.59 Å². The molecule has 0 radical (unpaired) electrons. The lowest BCUT2D eigenvalue weighted by Crippen LogP contribution is -2.45. The molecule has 2 N–H and O–H groups in total. The molecule has 0 aliphatic rings. The fourth-order valence-electron chi connectivity index (χ4n) is 1.97. The Morgan fingerprint density at radius 2 is 2.20 bits per heavy atom. The molecule has 1 rings (SSSR count). The van der Waals surface area contributed by atoms with Gasteiger partial charge >= 0.3 is 12.0 Å². The van der Waals surface area contributed by atoms with E-state index < -0.39 is 5.97 Å². The van der Waals surface area contributed by atoms with Crippen molar-refractivity contribution < 1.29 is 14.7 Å². The standard InChI is InChI=1S/C14H22N2O3S/c1-3-6-11(9-13(17)18)15-14(19)16(4-2)10-12-7-5-8-20-12/h5,7-8,11H,3-4,6,9-10H2,1-2H3,(H,15,19)(H,17,18). The van der Waals surface area contributed by atoms with Crippen LogP contribution in [0.4, 0.5) is 4.79 Å². The first kappa shape index (κ1) is 16.5. The van der Waals surface area contributed by atoms with E-state index in [1.165, 1.54) is 0 Å². The molecule has 1 atom stereocenters. The second kappa shape index (κ2) is 8.58. The predicted octanol–water partition coefficient (Wildman–Crippen LogP) is 2.92. The number of carboxylic acid groups (broad SMARTS) is 1. The third kappa shape index (κ3) is 5.61. The van der Waals surface area contributed by atoms with E-state index in [1.54, 1.807) is 16.2 Å². The molecule has 0 saturated carbocycles. The van der Waals surface area contributed by atoms with E-state index in [2.05, 4.69) is 5.32 Å². The SMILES string of the molecule is CCCC(CC(=O)O)NC(=O)N(CC)Cc1cccs1. The van der Waals surface area contributed by atoms with Gasteiger partial charge in [0.25, 0.3) is 0 Å². The molecule has 0 bridgehead atoms. The average Bonchev–Trinajstić information content (AvgIpc) is 2.88. The van der Waals surface area contributed by atoms with Crippen molar-refractivity contribution >= 4 is 23.3 Å². The minimum absolute atomic E-state index is 0.0316. The minimum atomic E-state index is -0.884. The van der Waals surface area contributed by atoms with Crippen molar-refractivity contribution in [1.29, 1.82) is 0 Å². The van der Waals surface area contributed by atoms with Crippen molar-refractivity contribution in [3.63, 3.8) is 0 Å². The van der Waals surface area contributed by atoms with Crippen LogP contribution < -0.4 is 5.32 Å². The molecule has 1 unspecified atom stereocenters. The fraction of sp³-hybridized carbons (Fsp3) is 0.571. The Morgan fingerprint density at radius 3 is 2.70 bits per heavy atom. The number of urea groups is 1. The monoisotopic (exact) mass is 298 g/mol. The molecule has 2 amide bonds. The molecule has 0 fully saturated rings. The normalized spacial score (nSPS) is 11.9. The number of hydrogen-bond donors (Lipinski definition) is 2. The number of carbonyl (C=O) groups excluding carboxylic acids is 1. The van der Waals surface area contributed by atoms with Gasteiger partial charge in [-0.25, -0.2) is 4.79 Å². The van der Waals surface area contributed by atoms with Gasteiger partial charge in [-0.2, -0.15) is 0 Å². The zero-order valence-electron chi connectivity index (χ0n) is 12.0. The molecule has 5 nitrogen and oxygen atoms in total. The lowest BCUT2D eigenvalue weighted by Gasteiger charge is -2.24. The van der Waals surface area contributed by atoms with Gasteiger partial charge in [-0.05, 0) is 24.8 Å². The first-order valence-electron chi connectivity index (χ1n) is 6.86. The zero-order chi connectivity index (χ0) is 15.0. The summed E-state index contributed by atoms with van der Waals surface area (Å²) in [5.41, 5.74) is 0. The van der Waals surface area contributed by atoms with Gasteiger partial charge in [-0.1, -0.05) is 19.4 Å². The number of hydrogen-bond acceptors (Lipinski definition) is 3. The second-order valence-corrected chi connectivity index (χ2v) is 5.66. The number of nitrogens with zero attached hydrogens (tertiary/aromatic N) is 1. The Bertz CT molecular complexity index is 420. The summed E-state index contributed by atoms with van der Waals surface area (Å²) in [6, 6.07) is 3.44. The van der Waals surface area contributed by atoms with Crippen LogP contribution in [0, 0.1) is 0 Å². The third-order valence-electron chi connectivity index (χ3n) is 2.98. The number of carbonyl (C=O) groups is 2. The summed E-state index contributed by atoms with van der Waals surface area (Å²) in [7, 11) is 0. The van der Waals surface area contributed by atoms with Crippen LogP contribution in [0.25, 0.3) is 0 Å². The quantitative estimate of drug-likeness (QED) is 0.775. The van der Waals surface area contributed by atoms with E-state index in [0.29, 0.717) is 19.5 Å². The summed E-state index contributed by atoms with van der Waals surface area (Å²) in [5, 5.41) is 13.7. The number of rotatable bonds is 8. The highest BCUT2D eigenvalue weighted by molar-refractivity contribution is 7.09. The number of nitrogens with one attached hydrogen (secondary N) is 1. The molecule has 1 aromatic rings. The van der Waals surface area contributed by atoms with E-state index in [1.807, 2.05) is 31.4 Å². The highest BCUT2D eigenvalue weighted by Crippen LogP contribution is 2.12. The number of aliphatic carboxylic acids is 1. The van der Waals surface area contributed by atoms with Crippen molar-refractivity contribution in [3.8, 4) is 0 Å². The summed E-state index contributed by atoms with van der Waals surface area (Å²) in [6.45, 7) is 5.05. The van der Waals surface area contributed by atoms with Gasteiger partial charge in [0.15, 0.2) is 0 Å². The van der Waals surface area contributed by atoms with Crippen LogP contribution in [-0.4, -0.2) is 34.6 Å². The van der Waals surface area contributed by atoms with Crippen molar-refractivity contribution in [2.75, 3.05) is 6.54 Å². The molecule has 0 saturated heterocycles. The van der Waals surface area contributed by atoms with Crippen molar-refractivity contribution in [1.82, 2.24) is 10.2 Å². The molecule has 0 spiro atoms. The van der Waals surface area contributed by atoms with Crippen LogP contribution in [0.5, 0.6) is 0 Å². The molecule has 6 heteroatoms. The van der Waals surface area contributed by atoms with E-state index in [4.69, 9.17) is 5.11 Å². The van der Waals surface area contributed by atoms with E-state index in [-0.39, 0.29) is 18.5 Å². The van der Waals surface area contributed by atoms with Gasteiger partial charge in [0.2, 0.25) is 0 Å².